The maximum Gasteiger partial charge on any atom is 0.306 e. The van der Waals surface area contributed by atoms with Gasteiger partial charge in [0.15, 0.2) is 6.10 Å². The van der Waals surface area contributed by atoms with Crippen LogP contribution in [0.2, 0.25) is 0 Å². The summed E-state index contributed by atoms with van der Waals surface area (Å²) < 4.78 is 16.7. The van der Waals surface area contributed by atoms with Gasteiger partial charge < -0.3 is 14.2 Å². The number of allylic oxidation sites excluding steroid dienone is 24. The van der Waals surface area contributed by atoms with E-state index in [1.807, 2.05) is 79.0 Å². The Morgan fingerprint density at radius 2 is 0.692 bits per heavy atom. The lowest BCUT2D eigenvalue weighted by Gasteiger charge is -2.18. The fraction of sp³-hybridized carbons (Fsp3) is 0.542. The minimum Gasteiger partial charge on any atom is -0.462 e. The third-order valence-corrected chi connectivity index (χ3v) is 10.1. The molecule has 0 aromatic heterocycles. The number of ether oxygens (including phenoxy) is 3. The van der Waals surface area contributed by atoms with Crippen molar-refractivity contribution in [2.75, 3.05) is 13.2 Å². The molecule has 0 fully saturated rings. The van der Waals surface area contributed by atoms with Gasteiger partial charge in [0, 0.05) is 19.3 Å². The quantitative estimate of drug-likeness (QED) is 0.0199. The van der Waals surface area contributed by atoms with Crippen LogP contribution < -0.4 is 0 Å². The number of carbonyl (C=O) groups excluding carboxylic acids is 3. The van der Waals surface area contributed by atoms with Crippen LogP contribution in [-0.2, 0) is 28.6 Å². The second-order valence-corrected chi connectivity index (χ2v) is 16.2. The number of hydrogen-bond donors (Lipinski definition) is 0. The first-order valence-corrected chi connectivity index (χ1v) is 25.5. The van der Waals surface area contributed by atoms with Crippen molar-refractivity contribution in [1.82, 2.24) is 0 Å². The van der Waals surface area contributed by atoms with Gasteiger partial charge in [-0.15, -0.1) is 0 Å². The molecule has 0 aromatic carbocycles. The van der Waals surface area contributed by atoms with Crippen molar-refractivity contribution in [3.05, 3.63) is 146 Å². The fourth-order valence-electron chi connectivity index (χ4n) is 6.30. The molecule has 0 aliphatic rings. The van der Waals surface area contributed by atoms with Crippen molar-refractivity contribution in [2.24, 2.45) is 0 Å². The number of esters is 3. The summed E-state index contributed by atoms with van der Waals surface area (Å²) in [7, 11) is 0. The molecule has 1 unspecified atom stereocenters. The van der Waals surface area contributed by atoms with Crippen molar-refractivity contribution in [2.45, 2.75) is 194 Å². The van der Waals surface area contributed by atoms with E-state index in [1.165, 1.54) is 57.8 Å². The molecule has 0 spiro atoms. The average Bonchev–Trinajstić information content (AvgIpc) is 3.30. The zero-order chi connectivity index (χ0) is 47.2. The molecule has 0 amide bonds. The van der Waals surface area contributed by atoms with Crippen LogP contribution in [0.5, 0.6) is 0 Å². The molecule has 0 saturated heterocycles. The first-order chi connectivity index (χ1) is 32.0. The van der Waals surface area contributed by atoms with Crippen molar-refractivity contribution >= 4 is 17.9 Å². The standard InChI is InChI=1S/C59H90O6/c1-4-7-10-13-16-19-22-25-27-28-29-30-32-34-37-40-43-46-49-52-58(61)64-55-56(54-63-57(60)51-48-45-42-39-36-33-24-21-18-15-12-9-6-3)65-59(62)53-50-47-44-41-38-35-31-26-23-20-17-14-11-8-5-2/h7-8,10-11,13-14,16-17,19-20,22-23,25,27-30,32-34,36-37,42,45,56H,4-6,9,12,15,18,21,24,26,31,35,38-41,43-44,46-55H2,1-3H3/b10-7-,11-8-,16-13-,17-14-,22-19-,23-20-,27-25-,29-28+,32-30-,36-33-,37-34-,45-42-. The zero-order valence-corrected chi connectivity index (χ0v) is 41.2. The Balaban J connectivity index is 4.60. The smallest absolute Gasteiger partial charge is 0.306 e. The van der Waals surface area contributed by atoms with Crippen LogP contribution in [0, 0.1) is 0 Å². The van der Waals surface area contributed by atoms with Gasteiger partial charge in [-0.3, -0.25) is 14.4 Å². The number of carbonyl (C=O) groups is 3. The number of unbranched alkanes of at least 4 members (excludes halogenated alkanes) is 16. The summed E-state index contributed by atoms with van der Waals surface area (Å²) in [5.41, 5.74) is 0. The number of rotatable bonds is 43. The Labute approximate surface area is 397 Å². The summed E-state index contributed by atoms with van der Waals surface area (Å²) in [6, 6.07) is 0. The fourth-order valence-corrected chi connectivity index (χ4v) is 6.30. The van der Waals surface area contributed by atoms with E-state index < -0.39 is 6.10 Å². The molecule has 65 heavy (non-hydrogen) atoms. The van der Waals surface area contributed by atoms with E-state index in [9.17, 15) is 14.4 Å². The first-order valence-electron chi connectivity index (χ1n) is 25.5. The zero-order valence-electron chi connectivity index (χ0n) is 41.2. The molecule has 0 heterocycles. The van der Waals surface area contributed by atoms with Crippen molar-refractivity contribution in [1.29, 1.82) is 0 Å². The Bertz CT molecular complexity index is 1490. The summed E-state index contributed by atoms with van der Waals surface area (Å²) >= 11 is 0. The predicted molar refractivity (Wildman–Crippen MR) is 279 cm³/mol. The predicted octanol–water partition coefficient (Wildman–Crippen LogP) is 16.9. The second kappa shape index (κ2) is 51.9. The molecule has 0 N–H and O–H groups in total. The lowest BCUT2D eigenvalue weighted by Crippen LogP contribution is -2.30. The van der Waals surface area contributed by atoms with Gasteiger partial charge in [0.25, 0.3) is 0 Å². The van der Waals surface area contributed by atoms with E-state index in [1.54, 1.807) is 0 Å². The third kappa shape index (κ3) is 50.2. The molecule has 6 nitrogen and oxygen atoms in total. The summed E-state index contributed by atoms with van der Waals surface area (Å²) in [6.45, 7) is 6.22. The lowest BCUT2D eigenvalue weighted by molar-refractivity contribution is -0.166. The van der Waals surface area contributed by atoms with E-state index in [-0.39, 0.29) is 50.4 Å². The van der Waals surface area contributed by atoms with Gasteiger partial charge >= 0.3 is 17.9 Å². The highest BCUT2D eigenvalue weighted by Crippen LogP contribution is 2.13. The minimum atomic E-state index is -0.832. The molecule has 0 aliphatic heterocycles. The van der Waals surface area contributed by atoms with Gasteiger partial charge in [0.1, 0.15) is 13.2 Å². The molecule has 0 radical (unpaired) electrons. The van der Waals surface area contributed by atoms with E-state index in [4.69, 9.17) is 14.2 Å². The largest absolute Gasteiger partial charge is 0.462 e. The Morgan fingerprint density at radius 1 is 0.338 bits per heavy atom. The molecule has 0 aliphatic carbocycles. The van der Waals surface area contributed by atoms with Gasteiger partial charge in [-0.1, -0.05) is 237 Å². The monoisotopic (exact) mass is 895 g/mol. The molecule has 0 saturated carbocycles. The first kappa shape index (κ1) is 60.3. The van der Waals surface area contributed by atoms with Crippen molar-refractivity contribution in [3.8, 4) is 0 Å². The van der Waals surface area contributed by atoms with E-state index in [0.717, 1.165) is 77.0 Å². The maximum atomic E-state index is 12.8. The highest BCUT2D eigenvalue weighted by atomic mass is 16.6. The van der Waals surface area contributed by atoms with Crippen molar-refractivity contribution in [3.63, 3.8) is 0 Å². The van der Waals surface area contributed by atoms with Gasteiger partial charge in [-0.05, 0) is 77.0 Å². The van der Waals surface area contributed by atoms with Crippen LogP contribution in [0.3, 0.4) is 0 Å². The van der Waals surface area contributed by atoms with E-state index in [2.05, 4.69) is 87.6 Å². The van der Waals surface area contributed by atoms with E-state index in [0.29, 0.717) is 12.8 Å². The van der Waals surface area contributed by atoms with Gasteiger partial charge in [0.05, 0.1) is 0 Å². The van der Waals surface area contributed by atoms with Gasteiger partial charge in [-0.2, -0.15) is 0 Å². The van der Waals surface area contributed by atoms with Gasteiger partial charge in [-0.25, -0.2) is 0 Å². The molecule has 362 valence electrons. The molecule has 0 aromatic rings. The highest BCUT2D eigenvalue weighted by molar-refractivity contribution is 5.71. The van der Waals surface area contributed by atoms with Crippen LogP contribution >= 0.6 is 0 Å². The second-order valence-electron chi connectivity index (χ2n) is 16.2. The Morgan fingerprint density at radius 3 is 1.17 bits per heavy atom. The Hall–Kier alpha value is -4.71. The maximum absolute atomic E-state index is 12.8. The molecular weight excluding hydrogens is 805 g/mol. The summed E-state index contributed by atoms with van der Waals surface area (Å²) in [5, 5.41) is 0. The molecular formula is C59H90O6. The topological polar surface area (TPSA) is 78.9 Å². The molecule has 6 heteroatoms. The molecule has 0 bridgehead atoms. The molecule has 1 atom stereocenters. The summed E-state index contributed by atoms with van der Waals surface area (Å²) in [4.78, 5) is 37.9. The molecule has 0 rings (SSSR count). The summed E-state index contributed by atoms with van der Waals surface area (Å²) in [6.07, 6.45) is 74.1. The Kier molecular flexibility index (Phi) is 48.2. The number of hydrogen-bond acceptors (Lipinski definition) is 6. The van der Waals surface area contributed by atoms with Crippen LogP contribution in [0.15, 0.2) is 146 Å². The minimum absolute atomic E-state index is 0.130. The third-order valence-electron chi connectivity index (χ3n) is 10.1. The van der Waals surface area contributed by atoms with Crippen LogP contribution in [0.25, 0.3) is 0 Å². The lowest BCUT2D eigenvalue weighted by atomic mass is 10.1. The average molecular weight is 895 g/mol. The van der Waals surface area contributed by atoms with Crippen LogP contribution in [0.1, 0.15) is 188 Å². The van der Waals surface area contributed by atoms with Gasteiger partial charge in [0.2, 0.25) is 0 Å². The van der Waals surface area contributed by atoms with Crippen LogP contribution in [0.4, 0.5) is 0 Å². The normalized spacial score (nSPS) is 13.3. The van der Waals surface area contributed by atoms with Crippen molar-refractivity contribution < 1.29 is 28.6 Å². The highest BCUT2D eigenvalue weighted by Gasteiger charge is 2.19. The van der Waals surface area contributed by atoms with Crippen LogP contribution in [-0.4, -0.2) is 37.2 Å². The SMILES string of the molecule is CC\C=C/C=C\C=C/C=C\C=C\C=C/C=C\CCCCCC(=O)OCC(COC(=O)CC/C=C\C/C=C\CCCCCCCC)OC(=O)CCCCCCCCC\C=C/C=C\C=C/CC. The summed E-state index contributed by atoms with van der Waals surface area (Å²) in [5.74, 6) is -1.06. The van der Waals surface area contributed by atoms with E-state index >= 15 is 0 Å².